The molecular weight excluding hydrogens is 387 g/mol. The Balaban J connectivity index is 2.67. The topological polar surface area (TPSA) is 53.4 Å². The Kier molecular flexibility index (Phi) is 6.68. The molecule has 0 radical (unpaired) electrons. The van der Waals surface area contributed by atoms with E-state index in [-0.39, 0.29) is 11.3 Å². The highest BCUT2D eigenvalue weighted by Crippen LogP contribution is 2.27. The number of amidine groups is 1. The first-order valence-electron chi connectivity index (χ1n) is 8.30. The molecule has 0 amide bonds. The fourth-order valence-electron chi connectivity index (χ4n) is 2.30. The maximum absolute atomic E-state index is 9.11. The second-order valence-corrected chi connectivity index (χ2v) is 9.22. The molecule has 26 heavy (non-hydrogen) atoms. The third-order valence-corrected chi connectivity index (χ3v) is 5.84. The second kappa shape index (κ2) is 8.39. The van der Waals surface area contributed by atoms with Gasteiger partial charge in [0.25, 0.3) is 0 Å². The van der Waals surface area contributed by atoms with Crippen LogP contribution in [0.25, 0.3) is 0 Å². The molecule has 0 saturated heterocycles. The third-order valence-electron chi connectivity index (χ3n) is 3.57. The lowest BCUT2D eigenvalue weighted by Crippen LogP contribution is -2.19. The zero-order valence-electron chi connectivity index (χ0n) is 15.5. The van der Waals surface area contributed by atoms with Gasteiger partial charge in [0.05, 0.1) is 10.0 Å². The summed E-state index contributed by atoms with van der Waals surface area (Å²) in [7, 11) is 0. The molecule has 1 aromatic heterocycles. The molecule has 0 aliphatic carbocycles. The molecule has 0 aliphatic heterocycles. The van der Waals surface area contributed by atoms with Crippen LogP contribution in [0.1, 0.15) is 45.1 Å². The Morgan fingerprint density at radius 3 is 2.58 bits per heavy atom. The summed E-state index contributed by atoms with van der Waals surface area (Å²) in [5.41, 5.74) is 0.555. The Bertz CT molecular complexity index is 924. The first kappa shape index (κ1) is 20.7. The van der Waals surface area contributed by atoms with Gasteiger partial charge in [0.1, 0.15) is 0 Å². The number of thiazole rings is 1. The summed E-state index contributed by atoms with van der Waals surface area (Å²) in [6.45, 7) is 11.6. The van der Waals surface area contributed by atoms with Gasteiger partial charge in [-0.05, 0) is 23.5 Å². The number of halogens is 2. The number of nitriles is 1. The van der Waals surface area contributed by atoms with Crippen LogP contribution in [0, 0.1) is 17.4 Å². The first-order chi connectivity index (χ1) is 12.1. The lowest BCUT2D eigenvalue weighted by Gasteiger charge is -2.14. The van der Waals surface area contributed by atoms with E-state index in [4.69, 9.17) is 28.5 Å². The summed E-state index contributed by atoms with van der Waals surface area (Å²) in [5.74, 6) is 0.724. The number of hydrogen-bond donors (Lipinski definition) is 0. The summed E-state index contributed by atoms with van der Waals surface area (Å²) in [5, 5.41) is 9.86. The number of nitrogens with zero attached hydrogens (tertiary/aromatic N) is 4. The molecule has 2 aromatic rings. The molecule has 0 N–H and O–H groups in total. The van der Waals surface area contributed by atoms with E-state index >= 15 is 0 Å². The number of aliphatic imine (C=N–C) groups is 1. The maximum Gasteiger partial charge on any atom is 0.207 e. The van der Waals surface area contributed by atoms with E-state index < -0.39 is 0 Å². The van der Waals surface area contributed by atoms with Crippen LogP contribution >= 0.6 is 34.5 Å². The zero-order valence-corrected chi connectivity index (χ0v) is 17.9. The molecule has 1 heterocycles. The summed E-state index contributed by atoms with van der Waals surface area (Å²) in [6, 6.07) is 5.22. The normalized spacial score (nSPS) is 13.3. The van der Waals surface area contributed by atoms with Gasteiger partial charge in [-0.1, -0.05) is 63.9 Å². The standard InChI is InChI=1S/C19H22Cl2N4S/c1-12(2)9-25-10-15(19(3,4)5)26-18(25)24-17(23-11-22)13-7-6-8-14(20)16(13)21/h6-8,10,12H,9H2,1-5H3/b23-17+,24-18-. The fraction of sp³-hybridized carbons (Fsp3) is 0.421. The number of aromatic nitrogens is 1. The highest BCUT2D eigenvalue weighted by atomic mass is 35.5. The lowest BCUT2D eigenvalue weighted by molar-refractivity contribution is 0.509. The van der Waals surface area contributed by atoms with Gasteiger partial charge in [0.2, 0.25) is 6.19 Å². The smallest absolute Gasteiger partial charge is 0.207 e. The molecule has 0 saturated carbocycles. The van der Waals surface area contributed by atoms with Crippen molar-refractivity contribution >= 4 is 40.4 Å². The van der Waals surface area contributed by atoms with Crippen LogP contribution < -0.4 is 4.80 Å². The van der Waals surface area contributed by atoms with Crippen LogP contribution in [0.15, 0.2) is 34.4 Å². The second-order valence-electron chi connectivity index (χ2n) is 7.42. The number of hydrogen-bond acceptors (Lipinski definition) is 3. The van der Waals surface area contributed by atoms with E-state index in [9.17, 15) is 0 Å². The SMILES string of the molecule is CC(C)Cn1cc(C(C)(C)C)s/c1=N\C(=N\C#N)c1cccc(Cl)c1Cl. The largest absolute Gasteiger partial charge is 0.323 e. The highest BCUT2D eigenvalue weighted by molar-refractivity contribution is 7.09. The summed E-state index contributed by atoms with van der Waals surface area (Å²) < 4.78 is 2.11. The highest BCUT2D eigenvalue weighted by Gasteiger charge is 2.19. The Morgan fingerprint density at radius 1 is 1.31 bits per heavy atom. The van der Waals surface area contributed by atoms with Gasteiger partial charge in [-0.25, -0.2) is 0 Å². The molecule has 0 atom stereocenters. The zero-order chi connectivity index (χ0) is 19.5. The van der Waals surface area contributed by atoms with E-state index in [1.807, 2.05) is 6.19 Å². The van der Waals surface area contributed by atoms with Crippen molar-refractivity contribution in [2.45, 2.75) is 46.6 Å². The van der Waals surface area contributed by atoms with Crippen molar-refractivity contribution in [3.8, 4) is 6.19 Å². The fourth-order valence-corrected chi connectivity index (χ4v) is 3.74. The van der Waals surface area contributed by atoms with E-state index in [0.717, 1.165) is 11.3 Å². The Hall–Kier alpha value is -1.61. The lowest BCUT2D eigenvalue weighted by atomic mass is 9.95. The number of benzene rings is 1. The van der Waals surface area contributed by atoms with Crippen LogP contribution in [0.5, 0.6) is 0 Å². The first-order valence-corrected chi connectivity index (χ1v) is 9.87. The monoisotopic (exact) mass is 408 g/mol. The molecule has 2 rings (SSSR count). The van der Waals surface area contributed by atoms with Crippen LogP contribution in [-0.2, 0) is 12.0 Å². The van der Waals surface area contributed by atoms with Gasteiger partial charge in [0.15, 0.2) is 10.6 Å². The Morgan fingerprint density at radius 2 is 2.00 bits per heavy atom. The molecule has 7 heteroatoms. The van der Waals surface area contributed by atoms with Crippen LogP contribution in [0.3, 0.4) is 0 Å². The summed E-state index contributed by atoms with van der Waals surface area (Å²) in [4.78, 5) is 10.6. The van der Waals surface area contributed by atoms with Crippen molar-refractivity contribution in [2.75, 3.05) is 0 Å². The van der Waals surface area contributed by atoms with E-state index in [1.54, 1.807) is 29.5 Å². The van der Waals surface area contributed by atoms with Crippen molar-refractivity contribution in [2.24, 2.45) is 15.9 Å². The molecule has 0 spiro atoms. The van der Waals surface area contributed by atoms with Gasteiger partial charge < -0.3 is 4.57 Å². The van der Waals surface area contributed by atoms with Crippen LogP contribution in [0.4, 0.5) is 0 Å². The molecule has 0 unspecified atom stereocenters. The average Bonchev–Trinajstić information content (AvgIpc) is 2.92. The molecule has 1 aromatic carbocycles. The van der Waals surface area contributed by atoms with Gasteiger partial charge in [0, 0.05) is 23.2 Å². The van der Waals surface area contributed by atoms with Crippen molar-refractivity contribution in [1.82, 2.24) is 4.57 Å². The molecule has 0 bridgehead atoms. The average molecular weight is 409 g/mol. The quantitative estimate of drug-likeness (QED) is 0.368. The number of rotatable bonds is 3. The maximum atomic E-state index is 9.11. The molecule has 4 nitrogen and oxygen atoms in total. The molecule has 138 valence electrons. The van der Waals surface area contributed by atoms with Gasteiger partial charge in [-0.2, -0.15) is 15.2 Å². The van der Waals surface area contributed by atoms with Gasteiger partial charge in [-0.3, -0.25) is 0 Å². The predicted molar refractivity (Wildman–Crippen MR) is 110 cm³/mol. The predicted octanol–water partition coefficient (Wildman–Crippen LogP) is 5.64. The Labute approximate surface area is 168 Å². The summed E-state index contributed by atoms with van der Waals surface area (Å²) in [6.07, 6.45) is 3.95. The van der Waals surface area contributed by atoms with E-state index in [2.05, 4.69) is 55.4 Å². The van der Waals surface area contributed by atoms with Gasteiger partial charge >= 0.3 is 0 Å². The summed E-state index contributed by atoms with van der Waals surface area (Å²) >= 11 is 14.0. The minimum absolute atomic E-state index is 0.0113. The molecule has 0 aliphatic rings. The van der Waals surface area contributed by atoms with E-state index in [0.29, 0.717) is 21.5 Å². The van der Waals surface area contributed by atoms with E-state index in [1.165, 1.54) is 4.88 Å². The minimum Gasteiger partial charge on any atom is -0.323 e. The van der Waals surface area contributed by atoms with Crippen molar-refractivity contribution in [3.05, 3.63) is 49.7 Å². The van der Waals surface area contributed by atoms with Crippen molar-refractivity contribution in [3.63, 3.8) is 0 Å². The minimum atomic E-state index is 0.0113. The van der Waals surface area contributed by atoms with Crippen molar-refractivity contribution < 1.29 is 0 Å². The molecular formula is C19H22Cl2N4S. The van der Waals surface area contributed by atoms with Crippen LogP contribution in [0.2, 0.25) is 10.0 Å². The van der Waals surface area contributed by atoms with Crippen molar-refractivity contribution in [1.29, 1.82) is 5.26 Å². The van der Waals surface area contributed by atoms with Crippen LogP contribution in [-0.4, -0.2) is 10.4 Å². The third kappa shape index (κ3) is 4.97. The van der Waals surface area contributed by atoms with Gasteiger partial charge in [-0.15, -0.1) is 11.3 Å². The molecule has 0 fully saturated rings.